The maximum Gasteiger partial charge on any atom is 0.140 e. The molecule has 3 rings (SSSR count). The van der Waals surface area contributed by atoms with E-state index in [0.717, 1.165) is 23.2 Å². The fourth-order valence-corrected chi connectivity index (χ4v) is 2.74. The van der Waals surface area contributed by atoms with Crippen LogP contribution in [0.1, 0.15) is 18.4 Å². The van der Waals surface area contributed by atoms with Crippen LogP contribution in [0.4, 0.5) is 8.78 Å². The Kier molecular flexibility index (Phi) is 3.98. The summed E-state index contributed by atoms with van der Waals surface area (Å²) >= 11 is 1.23. The van der Waals surface area contributed by atoms with Crippen LogP contribution in [0.2, 0.25) is 0 Å². The topological polar surface area (TPSA) is 24.9 Å². The van der Waals surface area contributed by atoms with Gasteiger partial charge >= 0.3 is 0 Å². The lowest BCUT2D eigenvalue weighted by atomic mass is 10.3. The monoisotopic (exact) mass is 292 g/mol. The molecule has 1 N–H and O–H groups in total. The van der Waals surface area contributed by atoms with Gasteiger partial charge in [0.15, 0.2) is 0 Å². The zero-order valence-corrected chi connectivity index (χ0v) is 11.6. The smallest absolute Gasteiger partial charge is 0.140 e. The molecule has 104 valence electrons. The molecule has 1 aliphatic carbocycles. The largest absolute Gasteiger partial charge is 0.310 e. The molecule has 1 saturated carbocycles. The molecule has 1 aromatic carbocycles. The van der Waals surface area contributed by atoms with Crippen molar-refractivity contribution in [2.45, 2.75) is 35.3 Å². The molecular weight excluding hydrogens is 278 g/mol. The van der Waals surface area contributed by atoms with Crippen molar-refractivity contribution < 1.29 is 8.78 Å². The molecule has 0 spiro atoms. The highest BCUT2D eigenvalue weighted by Gasteiger charge is 2.20. The van der Waals surface area contributed by atoms with E-state index in [4.69, 9.17) is 0 Å². The quantitative estimate of drug-likeness (QED) is 0.908. The van der Waals surface area contributed by atoms with Gasteiger partial charge in [-0.1, -0.05) is 17.8 Å². The summed E-state index contributed by atoms with van der Waals surface area (Å²) in [6.45, 7) is 0.726. The molecule has 0 bridgehead atoms. The first kappa shape index (κ1) is 13.5. The van der Waals surface area contributed by atoms with Gasteiger partial charge in [-0.25, -0.2) is 13.8 Å². The summed E-state index contributed by atoms with van der Waals surface area (Å²) in [5.74, 6) is -1.12. The van der Waals surface area contributed by atoms with Crippen molar-refractivity contribution in [2.75, 3.05) is 0 Å². The number of aromatic nitrogens is 1. The van der Waals surface area contributed by atoms with Crippen molar-refractivity contribution >= 4 is 11.8 Å². The van der Waals surface area contributed by atoms with Crippen molar-refractivity contribution in [3.8, 4) is 0 Å². The summed E-state index contributed by atoms with van der Waals surface area (Å²) in [6.07, 6.45) is 4.12. The molecule has 1 fully saturated rings. The number of hydrogen-bond acceptors (Lipinski definition) is 3. The van der Waals surface area contributed by atoms with Gasteiger partial charge in [-0.3, -0.25) is 0 Å². The van der Waals surface area contributed by atoms with Crippen LogP contribution in [0, 0.1) is 11.6 Å². The second-order valence-corrected chi connectivity index (χ2v) is 5.83. The SMILES string of the molecule is Fc1ccc(Sc2ncccc2CNC2CC2)c(F)c1. The van der Waals surface area contributed by atoms with Gasteiger partial charge in [0.25, 0.3) is 0 Å². The molecular formula is C15H14F2N2S. The minimum atomic E-state index is -0.566. The minimum absolute atomic E-state index is 0.387. The van der Waals surface area contributed by atoms with Gasteiger partial charge in [0.2, 0.25) is 0 Å². The Morgan fingerprint density at radius 3 is 2.85 bits per heavy atom. The van der Waals surface area contributed by atoms with E-state index in [1.807, 2.05) is 12.1 Å². The number of benzene rings is 1. The zero-order chi connectivity index (χ0) is 13.9. The highest BCUT2D eigenvalue weighted by atomic mass is 32.2. The molecule has 1 aromatic heterocycles. The average molecular weight is 292 g/mol. The first-order chi connectivity index (χ1) is 9.72. The molecule has 2 nitrogen and oxygen atoms in total. The molecule has 0 amide bonds. The van der Waals surface area contributed by atoms with Crippen molar-refractivity contribution in [1.82, 2.24) is 10.3 Å². The van der Waals surface area contributed by atoms with Crippen molar-refractivity contribution in [3.63, 3.8) is 0 Å². The van der Waals surface area contributed by atoms with Gasteiger partial charge in [0, 0.05) is 29.7 Å². The highest BCUT2D eigenvalue weighted by molar-refractivity contribution is 7.99. The van der Waals surface area contributed by atoms with Crippen molar-refractivity contribution in [3.05, 3.63) is 53.7 Å². The normalized spacial score (nSPS) is 14.5. The van der Waals surface area contributed by atoms with Gasteiger partial charge in [-0.15, -0.1) is 0 Å². The Balaban J connectivity index is 1.78. The third-order valence-corrected chi connectivity index (χ3v) is 4.22. The van der Waals surface area contributed by atoms with Crippen LogP contribution in [-0.4, -0.2) is 11.0 Å². The average Bonchev–Trinajstić information content (AvgIpc) is 3.25. The summed E-state index contributed by atoms with van der Waals surface area (Å²) in [5, 5.41) is 4.17. The van der Waals surface area contributed by atoms with Crippen LogP contribution in [0.25, 0.3) is 0 Å². The molecule has 0 saturated heterocycles. The molecule has 5 heteroatoms. The third-order valence-electron chi connectivity index (χ3n) is 3.11. The summed E-state index contributed by atoms with van der Waals surface area (Å²) in [5.41, 5.74) is 1.04. The molecule has 1 aliphatic rings. The maximum absolute atomic E-state index is 13.7. The maximum atomic E-state index is 13.7. The highest BCUT2D eigenvalue weighted by Crippen LogP contribution is 2.31. The van der Waals surface area contributed by atoms with Gasteiger partial charge in [0.1, 0.15) is 16.7 Å². The van der Waals surface area contributed by atoms with Crippen LogP contribution in [0.5, 0.6) is 0 Å². The number of rotatable bonds is 5. The lowest BCUT2D eigenvalue weighted by Gasteiger charge is -2.09. The van der Waals surface area contributed by atoms with Gasteiger partial charge in [-0.05, 0) is 36.6 Å². The van der Waals surface area contributed by atoms with Gasteiger partial charge in [0.05, 0.1) is 0 Å². The predicted octanol–water partition coefficient (Wildman–Crippen LogP) is 3.76. The fourth-order valence-electron chi connectivity index (χ4n) is 1.85. The van der Waals surface area contributed by atoms with Crippen molar-refractivity contribution in [1.29, 1.82) is 0 Å². The number of halogens is 2. The fraction of sp³-hybridized carbons (Fsp3) is 0.267. The number of hydrogen-bond donors (Lipinski definition) is 1. The van der Waals surface area contributed by atoms with E-state index >= 15 is 0 Å². The summed E-state index contributed by atoms with van der Waals surface area (Å²) < 4.78 is 26.6. The van der Waals surface area contributed by atoms with E-state index in [1.54, 1.807) is 6.20 Å². The zero-order valence-electron chi connectivity index (χ0n) is 10.8. The Hall–Kier alpha value is -1.46. The molecule has 0 atom stereocenters. The molecule has 0 aliphatic heterocycles. The number of nitrogens with zero attached hydrogens (tertiary/aromatic N) is 1. The van der Waals surface area contributed by atoms with E-state index in [0.29, 0.717) is 10.9 Å². The summed E-state index contributed by atoms with van der Waals surface area (Å²) in [7, 11) is 0. The predicted molar refractivity (Wildman–Crippen MR) is 74.6 cm³/mol. The Labute approximate surface area is 120 Å². The van der Waals surface area contributed by atoms with E-state index in [2.05, 4.69) is 10.3 Å². The van der Waals surface area contributed by atoms with E-state index in [-0.39, 0.29) is 0 Å². The first-order valence-electron chi connectivity index (χ1n) is 6.52. The van der Waals surface area contributed by atoms with E-state index in [9.17, 15) is 8.78 Å². The molecule has 20 heavy (non-hydrogen) atoms. The molecule has 0 radical (unpaired) electrons. The minimum Gasteiger partial charge on any atom is -0.310 e. The third kappa shape index (κ3) is 3.35. The summed E-state index contributed by atoms with van der Waals surface area (Å²) in [6, 6.07) is 8.06. The standard InChI is InChI=1S/C15H14F2N2S/c16-11-3-6-14(13(17)8-11)20-15-10(2-1-7-18-15)9-19-12-4-5-12/h1-3,6-8,12,19H,4-5,9H2. The van der Waals surface area contributed by atoms with Crippen molar-refractivity contribution in [2.24, 2.45) is 0 Å². The Morgan fingerprint density at radius 1 is 1.25 bits per heavy atom. The first-order valence-corrected chi connectivity index (χ1v) is 7.34. The number of pyridine rings is 1. The number of nitrogens with one attached hydrogen (secondary N) is 1. The Bertz CT molecular complexity index is 615. The second-order valence-electron chi connectivity index (χ2n) is 4.80. The summed E-state index contributed by atoms with van der Waals surface area (Å²) in [4.78, 5) is 4.69. The van der Waals surface area contributed by atoms with Gasteiger partial charge < -0.3 is 5.32 Å². The molecule has 2 aromatic rings. The molecule has 1 heterocycles. The lowest BCUT2D eigenvalue weighted by molar-refractivity contribution is 0.565. The Morgan fingerprint density at radius 2 is 2.10 bits per heavy atom. The lowest BCUT2D eigenvalue weighted by Crippen LogP contribution is -2.16. The van der Waals surface area contributed by atoms with Crippen LogP contribution >= 0.6 is 11.8 Å². The van der Waals surface area contributed by atoms with Crippen LogP contribution in [0.15, 0.2) is 46.5 Å². The second kappa shape index (κ2) is 5.89. The van der Waals surface area contributed by atoms with E-state index < -0.39 is 11.6 Å². The van der Waals surface area contributed by atoms with Crippen LogP contribution in [0.3, 0.4) is 0 Å². The van der Waals surface area contributed by atoms with Crippen LogP contribution in [-0.2, 0) is 6.54 Å². The van der Waals surface area contributed by atoms with Gasteiger partial charge in [-0.2, -0.15) is 0 Å². The van der Waals surface area contributed by atoms with E-state index in [1.165, 1.54) is 36.7 Å². The van der Waals surface area contributed by atoms with Crippen LogP contribution < -0.4 is 5.32 Å². The molecule has 0 unspecified atom stereocenters.